The molecule has 3 heteroatoms. The van der Waals surface area contributed by atoms with Gasteiger partial charge in [0.1, 0.15) is 6.61 Å². The van der Waals surface area contributed by atoms with Gasteiger partial charge in [-0.2, -0.15) is 0 Å². The van der Waals surface area contributed by atoms with Gasteiger partial charge in [0, 0.05) is 6.04 Å². The highest BCUT2D eigenvalue weighted by Crippen LogP contribution is 2.33. The molecule has 0 aromatic rings. The predicted octanol–water partition coefficient (Wildman–Crippen LogP) is 1.24. The van der Waals surface area contributed by atoms with Crippen LogP contribution in [0.25, 0.3) is 0 Å². The van der Waals surface area contributed by atoms with E-state index in [1.807, 2.05) is 4.90 Å². The fraction of sp³-hybridized carbons (Fsp3) is 0.875. The van der Waals surface area contributed by atoms with Crippen LogP contribution in [0.1, 0.15) is 20.3 Å². The molecule has 3 atom stereocenters. The highest BCUT2D eigenvalue weighted by atomic mass is 16.6. The molecule has 0 N–H and O–H groups in total. The van der Waals surface area contributed by atoms with Gasteiger partial charge in [0.25, 0.3) is 0 Å². The zero-order chi connectivity index (χ0) is 8.01. The van der Waals surface area contributed by atoms with E-state index in [0.29, 0.717) is 24.6 Å². The number of ether oxygens (including phenoxy) is 1. The van der Waals surface area contributed by atoms with Crippen LogP contribution >= 0.6 is 0 Å². The molecule has 2 heterocycles. The SMILES string of the molecule is C[C@@H]1C[C@H](C)[C@H]2COC(=O)N12. The lowest BCUT2D eigenvalue weighted by molar-refractivity contribution is 0.151. The van der Waals surface area contributed by atoms with Crippen molar-refractivity contribution in [2.75, 3.05) is 6.61 Å². The van der Waals surface area contributed by atoms with Crippen LogP contribution in [-0.2, 0) is 4.74 Å². The summed E-state index contributed by atoms with van der Waals surface area (Å²) in [5, 5.41) is 0. The monoisotopic (exact) mass is 155 g/mol. The van der Waals surface area contributed by atoms with Gasteiger partial charge in [-0.05, 0) is 19.3 Å². The summed E-state index contributed by atoms with van der Waals surface area (Å²) < 4.78 is 4.95. The predicted molar refractivity (Wildman–Crippen MR) is 40.2 cm³/mol. The largest absolute Gasteiger partial charge is 0.447 e. The molecule has 1 amide bonds. The van der Waals surface area contributed by atoms with Crippen LogP contribution in [0.5, 0.6) is 0 Å². The van der Waals surface area contributed by atoms with Crippen molar-refractivity contribution in [1.82, 2.24) is 4.90 Å². The number of nitrogens with zero attached hydrogens (tertiary/aromatic N) is 1. The molecule has 2 aliphatic rings. The Hall–Kier alpha value is -0.730. The smallest absolute Gasteiger partial charge is 0.410 e. The quantitative estimate of drug-likeness (QED) is 0.526. The van der Waals surface area contributed by atoms with Gasteiger partial charge >= 0.3 is 6.09 Å². The number of carbonyl (C=O) groups excluding carboxylic acids is 1. The van der Waals surface area contributed by atoms with Gasteiger partial charge in [-0.1, -0.05) is 6.92 Å². The summed E-state index contributed by atoms with van der Waals surface area (Å²) in [6.45, 7) is 4.87. The Morgan fingerprint density at radius 3 is 2.91 bits per heavy atom. The standard InChI is InChI=1S/C8H13NO2/c1-5-3-6(2)9-7(5)4-11-8(9)10/h5-7H,3-4H2,1-2H3/t5-,6+,7+/m0/s1. The average molecular weight is 155 g/mol. The first kappa shape index (κ1) is 6.95. The third-order valence-electron chi connectivity index (χ3n) is 2.79. The van der Waals surface area contributed by atoms with Gasteiger partial charge < -0.3 is 4.74 Å². The molecule has 0 bridgehead atoms. The van der Waals surface area contributed by atoms with Crippen molar-refractivity contribution in [2.45, 2.75) is 32.4 Å². The molecule has 3 nitrogen and oxygen atoms in total. The van der Waals surface area contributed by atoms with Crippen LogP contribution in [0.3, 0.4) is 0 Å². The Labute approximate surface area is 66.3 Å². The molecule has 62 valence electrons. The van der Waals surface area contributed by atoms with Gasteiger partial charge in [-0.3, -0.25) is 4.90 Å². The van der Waals surface area contributed by atoms with E-state index in [1.54, 1.807) is 0 Å². The van der Waals surface area contributed by atoms with Crippen molar-refractivity contribution in [3.8, 4) is 0 Å². The van der Waals surface area contributed by atoms with Crippen molar-refractivity contribution < 1.29 is 9.53 Å². The van der Waals surface area contributed by atoms with Crippen molar-refractivity contribution in [2.24, 2.45) is 5.92 Å². The number of fused-ring (bicyclic) bond motifs is 1. The van der Waals surface area contributed by atoms with Crippen LogP contribution in [-0.4, -0.2) is 29.7 Å². The lowest BCUT2D eigenvalue weighted by atomic mass is 10.0. The molecule has 2 fully saturated rings. The first-order valence-electron chi connectivity index (χ1n) is 4.15. The second kappa shape index (κ2) is 2.13. The van der Waals surface area contributed by atoms with E-state index in [9.17, 15) is 4.79 Å². The summed E-state index contributed by atoms with van der Waals surface area (Å²) in [5.74, 6) is 0.608. The van der Waals surface area contributed by atoms with E-state index in [1.165, 1.54) is 0 Å². The van der Waals surface area contributed by atoms with Crippen LogP contribution < -0.4 is 0 Å². The van der Waals surface area contributed by atoms with Gasteiger partial charge in [-0.15, -0.1) is 0 Å². The van der Waals surface area contributed by atoms with Crippen LogP contribution in [0.2, 0.25) is 0 Å². The van der Waals surface area contributed by atoms with E-state index < -0.39 is 0 Å². The number of hydrogen-bond donors (Lipinski definition) is 0. The first-order valence-corrected chi connectivity index (χ1v) is 4.15. The first-order chi connectivity index (χ1) is 5.20. The Kier molecular flexibility index (Phi) is 1.34. The minimum absolute atomic E-state index is 0.119. The minimum atomic E-state index is -0.119. The number of cyclic esters (lactones) is 1. The molecule has 0 saturated carbocycles. The molecule has 0 spiro atoms. The third kappa shape index (κ3) is 0.832. The molecule has 0 unspecified atom stereocenters. The minimum Gasteiger partial charge on any atom is -0.447 e. The lowest BCUT2D eigenvalue weighted by Crippen LogP contribution is -2.34. The van der Waals surface area contributed by atoms with E-state index in [4.69, 9.17) is 4.74 Å². The summed E-state index contributed by atoms with van der Waals surface area (Å²) in [7, 11) is 0. The van der Waals surface area contributed by atoms with Gasteiger partial charge in [-0.25, -0.2) is 4.79 Å². The van der Waals surface area contributed by atoms with Crippen molar-refractivity contribution in [1.29, 1.82) is 0 Å². The molecule has 0 aromatic carbocycles. The maximum absolute atomic E-state index is 11.1. The van der Waals surface area contributed by atoms with E-state index in [0.717, 1.165) is 6.42 Å². The Bertz CT molecular complexity index is 193. The fourth-order valence-electron chi connectivity index (χ4n) is 2.20. The van der Waals surface area contributed by atoms with Gasteiger partial charge in [0.15, 0.2) is 0 Å². The lowest BCUT2D eigenvalue weighted by Gasteiger charge is -2.16. The van der Waals surface area contributed by atoms with E-state index >= 15 is 0 Å². The fourth-order valence-corrected chi connectivity index (χ4v) is 2.20. The van der Waals surface area contributed by atoms with E-state index in [2.05, 4.69) is 13.8 Å². The average Bonchev–Trinajstić information content (AvgIpc) is 2.41. The van der Waals surface area contributed by atoms with Crippen LogP contribution in [0.4, 0.5) is 4.79 Å². The summed E-state index contributed by atoms with van der Waals surface area (Å²) in [5.41, 5.74) is 0. The van der Waals surface area contributed by atoms with Crippen molar-refractivity contribution >= 4 is 6.09 Å². The molecule has 0 radical (unpaired) electrons. The molecule has 11 heavy (non-hydrogen) atoms. The molecule has 2 aliphatic heterocycles. The molecule has 0 aromatic heterocycles. The number of rotatable bonds is 0. The summed E-state index contributed by atoms with van der Waals surface area (Å²) in [4.78, 5) is 13.0. The zero-order valence-corrected chi connectivity index (χ0v) is 6.91. The second-order valence-corrected chi connectivity index (χ2v) is 3.61. The number of amides is 1. The molecular formula is C8H13NO2. The van der Waals surface area contributed by atoms with Crippen LogP contribution in [0.15, 0.2) is 0 Å². The number of carbonyl (C=O) groups is 1. The second-order valence-electron chi connectivity index (χ2n) is 3.61. The Morgan fingerprint density at radius 2 is 2.27 bits per heavy atom. The van der Waals surface area contributed by atoms with Gasteiger partial charge in [0.2, 0.25) is 0 Å². The third-order valence-corrected chi connectivity index (χ3v) is 2.79. The number of hydrogen-bond acceptors (Lipinski definition) is 2. The van der Waals surface area contributed by atoms with Crippen molar-refractivity contribution in [3.05, 3.63) is 0 Å². The van der Waals surface area contributed by atoms with Crippen LogP contribution in [0, 0.1) is 5.92 Å². The highest BCUT2D eigenvalue weighted by molar-refractivity contribution is 5.71. The highest BCUT2D eigenvalue weighted by Gasteiger charge is 2.45. The summed E-state index contributed by atoms with van der Waals surface area (Å²) in [6.07, 6.45) is 1.01. The van der Waals surface area contributed by atoms with E-state index in [-0.39, 0.29) is 6.09 Å². The summed E-state index contributed by atoms with van der Waals surface area (Å²) >= 11 is 0. The molecule has 2 saturated heterocycles. The maximum Gasteiger partial charge on any atom is 0.410 e. The topological polar surface area (TPSA) is 29.5 Å². The Balaban J connectivity index is 2.21. The molecular weight excluding hydrogens is 142 g/mol. The normalized spacial score (nSPS) is 42.5. The summed E-state index contributed by atoms with van der Waals surface area (Å²) in [6, 6.07) is 0.738. The molecule has 0 aliphatic carbocycles. The zero-order valence-electron chi connectivity index (χ0n) is 6.91. The van der Waals surface area contributed by atoms with Gasteiger partial charge in [0.05, 0.1) is 6.04 Å². The Morgan fingerprint density at radius 1 is 1.55 bits per heavy atom. The molecule has 2 rings (SSSR count). The van der Waals surface area contributed by atoms with Crippen molar-refractivity contribution in [3.63, 3.8) is 0 Å². The maximum atomic E-state index is 11.1.